The lowest BCUT2D eigenvalue weighted by atomic mass is 9.98. The van der Waals surface area contributed by atoms with Gasteiger partial charge in [-0.3, -0.25) is 0 Å². The number of allylic oxidation sites excluding steroid dienone is 2. The van der Waals surface area contributed by atoms with Crippen molar-refractivity contribution >= 4 is 11.6 Å². The minimum absolute atomic E-state index is 0.251. The van der Waals surface area contributed by atoms with Crippen molar-refractivity contribution < 1.29 is 0 Å². The highest BCUT2D eigenvalue weighted by Gasteiger charge is 2.10. The second kappa shape index (κ2) is 5.54. The van der Waals surface area contributed by atoms with Crippen molar-refractivity contribution in [1.82, 2.24) is 0 Å². The zero-order valence-electron chi connectivity index (χ0n) is 9.88. The lowest BCUT2D eigenvalue weighted by molar-refractivity contribution is 0.709. The molecule has 0 spiro atoms. The molecule has 1 aromatic carbocycles. The van der Waals surface area contributed by atoms with E-state index >= 15 is 0 Å². The molecule has 0 bridgehead atoms. The smallest absolute Gasteiger partial charge is 0.0518 e. The van der Waals surface area contributed by atoms with Gasteiger partial charge in [0.05, 0.1) is 5.38 Å². The van der Waals surface area contributed by atoms with E-state index in [-0.39, 0.29) is 5.38 Å². The zero-order chi connectivity index (χ0) is 11.4. The van der Waals surface area contributed by atoms with E-state index in [1.165, 1.54) is 36.0 Å². The maximum atomic E-state index is 6.25. The molecule has 1 atom stereocenters. The fraction of sp³-hybridized carbons (Fsp3) is 0.467. The molecule has 1 heteroatoms. The summed E-state index contributed by atoms with van der Waals surface area (Å²) in [6.45, 7) is 2.19. The fourth-order valence-electron chi connectivity index (χ4n) is 2.31. The number of rotatable bonds is 2. The van der Waals surface area contributed by atoms with Gasteiger partial charge >= 0.3 is 0 Å². The van der Waals surface area contributed by atoms with Crippen LogP contribution in [0.4, 0.5) is 0 Å². The third kappa shape index (κ3) is 3.12. The molecule has 0 heterocycles. The molecule has 0 aliphatic heterocycles. The summed E-state index contributed by atoms with van der Waals surface area (Å²) in [6, 6.07) is 8.64. The van der Waals surface area contributed by atoms with Crippen LogP contribution < -0.4 is 0 Å². The quantitative estimate of drug-likeness (QED) is 0.516. The Balaban J connectivity index is 2.11. The van der Waals surface area contributed by atoms with Gasteiger partial charge in [-0.1, -0.05) is 42.3 Å². The van der Waals surface area contributed by atoms with E-state index in [1.807, 2.05) is 0 Å². The molecule has 0 N–H and O–H groups in total. The molecule has 86 valence electrons. The molecule has 1 aliphatic rings. The third-order valence-electron chi connectivity index (χ3n) is 3.32. The molecule has 2 rings (SSSR count). The number of hydrogen-bond acceptors (Lipinski definition) is 0. The van der Waals surface area contributed by atoms with Crippen LogP contribution in [0.5, 0.6) is 0 Å². The first kappa shape index (κ1) is 11.7. The van der Waals surface area contributed by atoms with Crippen LogP contribution in [-0.2, 0) is 6.42 Å². The fourth-order valence-corrected chi connectivity index (χ4v) is 2.65. The second-order valence-electron chi connectivity index (χ2n) is 4.69. The van der Waals surface area contributed by atoms with Gasteiger partial charge in [-0.2, -0.15) is 0 Å². The molecule has 0 saturated heterocycles. The highest BCUT2D eigenvalue weighted by molar-refractivity contribution is 6.21. The van der Waals surface area contributed by atoms with Gasteiger partial charge in [0.25, 0.3) is 0 Å². The molecule has 1 unspecified atom stereocenters. The van der Waals surface area contributed by atoms with Gasteiger partial charge in [-0.25, -0.2) is 0 Å². The molecule has 0 fully saturated rings. The van der Waals surface area contributed by atoms with Gasteiger partial charge in [-0.05, 0) is 43.7 Å². The Morgan fingerprint density at radius 1 is 1.25 bits per heavy atom. The Labute approximate surface area is 103 Å². The molecule has 1 aromatic rings. The third-order valence-corrected chi connectivity index (χ3v) is 3.67. The summed E-state index contributed by atoms with van der Waals surface area (Å²) in [4.78, 5) is 0. The molecular weight excluding hydrogens is 216 g/mol. The van der Waals surface area contributed by atoms with Crippen molar-refractivity contribution in [1.29, 1.82) is 0 Å². The Morgan fingerprint density at radius 2 is 2.06 bits per heavy atom. The normalized spacial score (nSPS) is 21.4. The highest BCUT2D eigenvalue weighted by atomic mass is 35.5. The van der Waals surface area contributed by atoms with E-state index in [0.717, 1.165) is 12.8 Å². The minimum Gasteiger partial charge on any atom is -0.118 e. The molecule has 16 heavy (non-hydrogen) atoms. The second-order valence-corrected chi connectivity index (χ2v) is 5.25. The summed E-state index contributed by atoms with van der Waals surface area (Å²) in [5.41, 5.74) is 4.35. The summed E-state index contributed by atoms with van der Waals surface area (Å²) in [5.74, 6) is 0. The first-order valence-corrected chi connectivity index (χ1v) is 6.57. The number of hydrogen-bond donors (Lipinski definition) is 0. The summed E-state index contributed by atoms with van der Waals surface area (Å²) in [5, 5.41) is 0.251. The molecular formula is C15H19Cl. The van der Waals surface area contributed by atoms with E-state index in [1.54, 1.807) is 0 Å². The van der Waals surface area contributed by atoms with Crippen molar-refractivity contribution in [3.8, 4) is 0 Å². The average molecular weight is 235 g/mol. The van der Waals surface area contributed by atoms with Crippen LogP contribution in [0.25, 0.3) is 0 Å². The zero-order valence-corrected chi connectivity index (χ0v) is 10.6. The van der Waals surface area contributed by atoms with E-state index in [0.29, 0.717) is 0 Å². The first-order valence-electron chi connectivity index (χ1n) is 6.14. The lowest BCUT2D eigenvalue weighted by Gasteiger charge is -2.08. The standard InChI is InChI=1S/C15H19Cl/c1-12-6-2-4-8-14(12)10-13-7-3-5-9-15(16)11-13/h2,4,6,8,11,15H,3,5,7,9-10H2,1H3. The van der Waals surface area contributed by atoms with Gasteiger partial charge in [0, 0.05) is 0 Å². The molecule has 0 radical (unpaired) electrons. The van der Waals surface area contributed by atoms with Crippen LogP contribution in [0.2, 0.25) is 0 Å². The maximum absolute atomic E-state index is 6.25. The van der Waals surface area contributed by atoms with Crippen LogP contribution in [-0.4, -0.2) is 5.38 Å². The Morgan fingerprint density at radius 3 is 2.88 bits per heavy atom. The van der Waals surface area contributed by atoms with Gasteiger partial charge in [0.1, 0.15) is 0 Å². The van der Waals surface area contributed by atoms with Crippen molar-refractivity contribution in [2.24, 2.45) is 0 Å². The molecule has 0 aromatic heterocycles. The van der Waals surface area contributed by atoms with E-state index in [2.05, 4.69) is 37.3 Å². The summed E-state index contributed by atoms with van der Waals surface area (Å²) < 4.78 is 0. The van der Waals surface area contributed by atoms with Crippen LogP contribution >= 0.6 is 11.6 Å². The summed E-state index contributed by atoms with van der Waals surface area (Å²) in [6.07, 6.45) is 8.27. The number of halogens is 1. The first-order chi connectivity index (χ1) is 7.75. The maximum Gasteiger partial charge on any atom is 0.0518 e. The summed E-state index contributed by atoms with van der Waals surface area (Å²) in [7, 11) is 0. The molecule has 1 aliphatic carbocycles. The number of benzene rings is 1. The molecule has 0 saturated carbocycles. The SMILES string of the molecule is Cc1ccccc1CC1=CC(Cl)CCCC1. The van der Waals surface area contributed by atoms with Crippen LogP contribution in [0, 0.1) is 6.92 Å². The van der Waals surface area contributed by atoms with Crippen LogP contribution in [0.1, 0.15) is 36.8 Å². The van der Waals surface area contributed by atoms with Crippen molar-refractivity contribution in [2.45, 2.75) is 44.4 Å². The summed E-state index contributed by atoms with van der Waals surface area (Å²) >= 11 is 6.25. The molecule has 0 amide bonds. The van der Waals surface area contributed by atoms with Crippen molar-refractivity contribution in [3.05, 3.63) is 47.0 Å². The van der Waals surface area contributed by atoms with Gasteiger partial charge in [-0.15, -0.1) is 11.6 Å². The topological polar surface area (TPSA) is 0 Å². The Hall–Kier alpha value is -0.750. The predicted molar refractivity (Wildman–Crippen MR) is 71.1 cm³/mol. The molecule has 0 nitrogen and oxygen atoms in total. The van der Waals surface area contributed by atoms with Gasteiger partial charge in [0.15, 0.2) is 0 Å². The Bertz CT molecular complexity index is 379. The highest BCUT2D eigenvalue weighted by Crippen LogP contribution is 2.24. The monoisotopic (exact) mass is 234 g/mol. The average Bonchev–Trinajstić information content (AvgIpc) is 2.46. The number of aryl methyl sites for hydroxylation is 1. The van der Waals surface area contributed by atoms with Gasteiger partial charge < -0.3 is 0 Å². The minimum atomic E-state index is 0.251. The lowest BCUT2D eigenvalue weighted by Crippen LogP contribution is -1.96. The van der Waals surface area contributed by atoms with Crippen molar-refractivity contribution in [2.75, 3.05) is 0 Å². The Kier molecular flexibility index (Phi) is 4.06. The van der Waals surface area contributed by atoms with E-state index in [9.17, 15) is 0 Å². The predicted octanol–water partition coefficient (Wildman–Crippen LogP) is 4.65. The van der Waals surface area contributed by atoms with Crippen molar-refractivity contribution in [3.63, 3.8) is 0 Å². The van der Waals surface area contributed by atoms with Crippen LogP contribution in [0.3, 0.4) is 0 Å². The van der Waals surface area contributed by atoms with E-state index in [4.69, 9.17) is 11.6 Å². The van der Waals surface area contributed by atoms with Gasteiger partial charge in [0.2, 0.25) is 0 Å². The number of alkyl halides is 1. The van der Waals surface area contributed by atoms with E-state index < -0.39 is 0 Å². The van der Waals surface area contributed by atoms with Crippen LogP contribution in [0.15, 0.2) is 35.9 Å². The largest absolute Gasteiger partial charge is 0.118 e.